The van der Waals surface area contributed by atoms with E-state index in [1.54, 1.807) is 0 Å². The molecule has 0 N–H and O–H groups in total. The predicted molar refractivity (Wildman–Crippen MR) is 42.2 cm³/mol. The van der Waals surface area contributed by atoms with Crippen LogP contribution in [0.25, 0.3) is 0 Å². The maximum absolute atomic E-state index is 11.3. The maximum Gasteiger partial charge on any atom is 0.171 e. The van der Waals surface area contributed by atoms with Gasteiger partial charge in [-0.15, -0.1) is 0 Å². The Balaban J connectivity index is 2.93. The van der Waals surface area contributed by atoms with Gasteiger partial charge in [-0.05, 0) is 6.42 Å². The van der Waals surface area contributed by atoms with Gasteiger partial charge >= 0.3 is 0 Å². The fraction of sp³-hybridized carbons (Fsp3) is 0.556. The van der Waals surface area contributed by atoms with Gasteiger partial charge in [-0.2, -0.15) is 0 Å². The van der Waals surface area contributed by atoms with Crippen molar-refractivity contribution in [3.8, 4) is 0 Å². The van der Waals surface area contributed by atoms with Crippen LogP contribution in [0.5, 0.6) is 0 Å². The van der Waals surface area contributed by atoms with Gasteiger partial charge in [-0.25, -0.2) is 0 Å². The lowest BCUT2D eigenvalue weighted by molar-refractivity contribution is -0.130. The molecule has 0 amide bonds. The third kappa shape index (κ3) is 1.25. The average molecular weight is 152 g/mol. The van der Waals surface area contributed by atoms with Gasteiger partial charge in [0.1, 0.15) is 0 Å². The van der Waals surface area contributed by atoms with Crippen LogP contribution in [0.1, 0.15) is 26.7 Å². The maximum atomic E-state index is 11.3. The molecule has 1 fully saturated rings. The van der Waals surface area contributed by atoms with Crippen molar-refractivity contribution in [2.45, 2.75) is 26.7 Å². The molecule has 1 aliphatic rings. The molecule has 0 aliphatic heterocycles. The molecule has 0 aromatic carbocycles. The van der Waals surface area contributed by atoms with Crippen molar-refractivity contribution in [1.82, 2.24) is 0 Å². The molecule has 2 nitrogen and oxygen atoms in total. The minimum absolute atomic E-state index is 0.0886. The number of ketones is 2. The highest BCUT2D eigenvalue weighted by Gasteiger charge is 2.36. The van der Waals surface area contributed by atoms with Crippen molar-refractivity contribution in [2.24, 2.45) is 5.41 Å². The summed E-state index contributed by atoms with van der Waals surface area (Å²) in [5.74, 6) is -0.178. The molecule has 0 unspecified atom stereocenters. The molecule has 0 saturated heterocycles. The van der Waals surface area contributed by atoms with E-state index in [1.165, 1.54) is 0 Å². The smallest absolute Gasteiger partial charge is 0.171 e. The number of carbonyl (C=O) groups excluding carboxylic acids is 2. The van der Waals surface area contributed by atoms with Crippen LogP contribution >= 0.6 is 0 Å². The normalized spacial score (nSPS) is 24.0. The Labute approximate surface area is 66.3 Å². The Hall–Kier alpha value is -0.920. The van der Waals surface area contributed by atoms with Gasteiger partial charge in [-0.3, -0.25) is 9.59 Å². The molecule has 0 aromatic heterocycles. The van der Waals surface area contributed by atoms with Gasteiger partial charge in [0, 0.05) is 11.8 Å². The van der Waals surface area contributed by atoms with Gasteiger partial charge in [-0.1, -0.05) is 20.4 Å². The SMILES string of the molecule is C=C1C(=O)CCC(C)(C)C1=O. The first-order chi connectivity index (χ1) is 4.95. The summed E-state index contributed by atoms with van der Waals surface area (Å²) in [6, 6.07) is 0. The van der Waals surface area contributed by atoms with E-state index in [0.717, 1.165) is 0 Å². The summed E-state index contributed by atoms with van der Waals surface area (Å²) in [6.07, 6.45) is 1.13. The molecule has 0 bridgehead atoms. The van der Waals surface area contributed by atoms with Crippen LogP contribution < -0.4 is 0 Å². The van der Waals surface area contributed by atoms with Crippen molar-refractivity contribution >= 4 is 11.6 Å². The van der Waals surface area contributed by atoms with Crippen LogP contribution in [0, 0.1) is 5.41 Å². The van der Waals surface area contributed by atoms with E-state index in [-0.39, 0.29) is 22.6 Å². The van der Waals surface area contributed by atoms with Gasteiger partial charge in [0.05, 0.1) is 5.57 Å². The molecule has 1 rings (SSSR count). The molecule has 1 saturated carbocycles. The summed E-state index contributed by atoms with van der Waals surface area (Å²) in [6.45, 7) is 7.18. The van der Waals surface area contributed by atoms with E-state index in [4.69, 9.17) is 0 Å². The number of hydrogen-bond donors (Lipinski definition) is 0. The summed E-state index contributed by atoms with van der Waals surface area (Å²) in [5.41, 5.74) is -0.188. The Morgan fingerprint density at radius 2 is 1.91 bits per heavy atom. The molecule has 0 heterocycles. The molecule has 60 valence electrons. The van der Waals surface area contributed by atoms with Crippen LogP contribution in [0.2, 0.25) is 0 Å². The largest absolute Gasteiger partial charge is 0.294 e. The Morgan fingerprint density at radius 1 is 1.36 bits per heavy atom. The molecule has 2 heteroatoms. The van der Waals surface area contributed by atoms with Crippen LogP contribution in [0.3, 0.4) is 0 Å². The molecule has 0 spiro atoms. The highest BCUT2D eigenvalue weighted by atomic mass is 16.2. The third-order valence-corrected chi connectivity index (χ3v) is 2.20. The zero-order valence-corrected chi connectivity index (χ0v) is 6.94. The average Bonchev–Trinajstić information content (AvgIpc) is 1.95. The highest BCUT2D eigenvalue weighted by Crippen LogP contribution is 2.32. The van der Waals surface area contributed by atoms with E-state index < -0.39 is 0 Å². The van der Waals surface area contributed by atoms with Crippen LogP contribution in [-0.4, -0.2) is 11.6 Å². The lowest BCUT2D eigenvalue weighted by Gasteiger charge is -2.27. The van der Waals surface area contributed by atoms with Crippen LogP contribution in [0.4, 0.5) is 0 Å². The topological polar surface area (TPSA) is 34.1 Å². The molecular formula is C9H12O2. The summed E-state index contributed by atoms with van der Waals surface area (Å²) >= 11 is 0. The van der Waals surface area contributed by atoms with E-state index >= 15 is 0 Å². The van der Waals surface area contributed by atoms with E-state index in [2.05, 4.69) is 6.58 Å². The zero-order valence-electron chi connectivity index (χ0n) is 6.94. The van der Waals surface area contributed by atoms with Crippen molar-refractivity contribution < 1.29 is 9.59 Å². The van der Waals surface area contributed by atoms with Crippen molar-refractivity contribution in [2.75, 3.05) is 0 Å². The van der Waals surface area contributed by atoms with Crippen molar-refractivity contribution in [3.05, 3.63) is 12.2 Å². The summed E-state index contributed by atoms with van der Waals surface area (Å²) in [4.78, 5) is 22.3. The van der Waals surface area contributed by atoms with Crippen LogP contribution in [-0.2, 0) is 9.59 Å². The summed E-state index contributed by atoms with van der Waals surface area (Å²) < 4.78 is 0. The van der Waals surface area contributed by atoms with E-state index in [0.29, 0.717) is 12.8 Å². The molecule has 0 aromatic rings. The number of carbonyl (C=O) groups is 2. The van der Waals surface area contributed by atoms with Crippen molar-refractivity contribution in [1.29, 1.82) is 0 Å². The second kappa shape index (κ2) is 2.29. The molecule has 0 radical (unpaired) electrons. The summed E-state index contributed by atoms with van der Waals surface area (Å²) in [5, 5.41) is 0. The predicted octanol–water partition coefficient (Wildman–Crippen LogP) is 1.50. The van der Waals surface area contributed by atoms with Crippen LogP contribution in [0.15, 0.2) is 12.2 Å². The minimum Gasteiger partial charge on any atom is -0.294 e. The monoisotopic (exact) mass is 152 g/mol. The summed E-state index contributed by atoms with van der Waals surface area (Å²) in [7, 11) is 0. The molecular weight excluding hydrogens is 140 g/mol. The first kappa shape index (κ1) is 8.18. The van der Waals surface area contributed by atoms with E-state index in [9.17, 15) is 9.59 Å². The number of allylic oxidation sites excluding steroid dienone is 1. The third-order valence-electron chi connectivity index (χ3n) is 2.20. The quantitative estimate of drug-likeness (QED) is 0.389. The second-order valence-corrected chi connectivity index (χ2v) is 3.61. The molecule has 11 heavy (non-hydrogen) atoms. The molecule has 0 atom stereocenters. The Morgan fingerprint density at radius 3 is 2.36 bits per heavy atom. The van der Waals surface area contributed by atoms with Gasteiger partial charge in [0.2, 0.25) is 0 Å². The fourth-order valence-electron chi connectivity index (χ4n) is 1.23. The first-order valence-corrected chi connectivity index (χ1v) is 3.72. The fourth-order valence-corrected chi connectivity index (χ4v) is 1.23. The standard InChI is InChI=1S/C9H12O2/c1-6-7(10)4-5-9(2,3)8(6)11/h1,4-5H2,2-3H3. The lowest BCUT2D eigenvalue weighted by Crippen LogP contribution is -2.34. The van der Waals surface area contributed by atoms with Gasteiger partial charge < -0.3 is 0 Å². The van der Waals surface area contributed by atoms with Gasteiger partial charge in [0.25, 0.3) is 0 Å². The second-order valence-electron chi connectivity index (χ2n) is 3.61. The number of hydrogen-bond acceptors (Lipinski definition) is 2. The Bertz CT molecular complexity index is 236. The number of rotatable bonds is 0. The molecule has 1 aliphatic carbocycles. The zero-order chi connectivity index (χ0) is 8.65. The van der Waals surface area contributed by atoms with E-state index in [1.807, 2.05) is 13.8 Å². The van der Waals surface area contributed by atoms with Gasteiger partial charge in [0.15, 0.2) is 11.6 Å². The number of Topliss-reactive ketones (excluding diaryl/α,β-unsaturated/α-hetero) is 2. The Kier molecular flexibility index (Phi) is 1.70. The first-order valence-electron chi connectivity index (χ1n) is 3.72. The minimum atomic E-state index is -0.370. The van der Waals surface area contributed by atoms with Crippen molar-refractivity contribution in [3.63, 3.8) is 0 Å². The lowest BCUT2D eigenvalue weighted by atomic mass is 9.74. The highest BCUT2D eigenvalue weighted by molar-refractivity contribution is 6.22.